The largest absolute Gasteiger partial charge is 0.294 e. The molecule has 0 aliphatic heterocycles. The molecule has 0 spiro atoms. The third kappa shape index (κ3) is 3.43. The summed E-state index contributed by atoms with van der Waals surface area (Å²) in [6.07, 6.45) is 1.59. The Labute approximate surface area is 122 Å². The van der Waals surface area contributed by atoms with Crippen LogP contribution in [0.2, 0.25) is 5.02 Å². The molecule has 0 N–H and O–H groups in total. The van der Waals surface area contributed by atoms with E-state index >= 15 is 0 Å². The molecule has 0 saturated heterocycles. The van der Waals surface area contributed by atoms with E-state index in [1.54, 1.807) is 54.6 Å². The summed E-state index contributed by atoms with van der Waals surface area (Å²) >= 11 is 5.81. The van der Waals surface area contributed by atoms with Crippen LogP contribution in [0.1, 0.15) is 22.8 Å². The average molecular weight is 285 g/mol. The minimum absolute atomic E-state index is 0.165. The molecule has 0 fully saturated rings. The van der Waals surface area contributed by atoms with Crippen LogP contribution < -0.4 is 0 Å². The molecule has 0 radical (unpaired) electrons. The maximum absolute atomic E-state index is 12.3. The zero-order valence-electron chi connectivity index (χ0n) is 11.0. The van der Waals surface area contributed by atoms with Gasteiger partial charge in [0.25, 0.3) is 0 Å². The van der Waals surface area contributed by atoms with Gasteiger partial charge in [0, 0.05) is 10.6 Å². The van der Waals surface area contributed by atoms with Crippen LogP contribution in [0.5, 0.6) is 0 Å². The van der Waals surface area contributed by atoms with Gasteiger partial charge < -0.3 is 0 Å². The summed E-state index contributed by atoms with van der Waals surface area (Å²) in [6, 6.07) is 15.7. The van der Waals surface area contributed by atoms with Gasteiger partial charge in [-0.3, -0.25) is 9.59 Å². The molecule has 0 heterocycles. The van der Waals surface area contributed by atoms with E-state index in [1.165, 1.54) is 6.92 Å². The number of hydrogen-bond donors (Lipinski definition) is 0. The van der Waals surface area contributed by atoms with Crippen LogP contribution in [-0.4, -0.2) is 11.6 Å². The molecule has 0 amide bonds. The first-order chi connectivity index (χ1) is 9.58. The Morgan fingerprint density at radius 1 is 0.950 bits per heavy atom. The van der Waals surface area contributed by atoms with Crippen molar-refractivity contribution in [3.8, 4) is 0 Å². The zero-order valence-corrected chi connectivity index (χ0v) is 11.7. The standard InChI is InChI=1S/C17H13ClO2/c1-12(19)16(11-13-7-9-15(18)10-8-13)17(20)14-5-3-2-4-6-14/h2-11H,1H3/b16-11+. The molecular formula is C17H13ClO2. The summed E-state index contributed by atoms with van der Waals surface area (Å²) < 4.78 is 0. The number of allylic oxidation sites excluding steroid dienone is 1. The van der Waals surface area contributed by atoms with Crippen molar-refractivity contribution in [2.45, 2.75) is 6.92 Å². The Morgan fingerprint density at radius 2 is 1.55 bits per heavy atom. The first kappa shape index (κ1) is 14.2. The lowest BCUT2D eigenvalue weighted by molar-refractivity contribution is -0.113. The number of Topliss-reactive ketones (excluding diaryl/α,β-unsaturated/α-hetero) is 2. The van der Waals surface area contributed by atoms with E-state index in [0.29, 0.717) is 10.6 Å². The monoisotopic (exact) mass is 284 g/mol. The molecule has 0 atom stereocenters. The summed E-state index contributed by atoms with van der Waals surface area (Å²) in [5, 5.41) is 0.612. The van der Waals surface area contributed by atoms with Crippen molar-refractivity contribution >= 4 is 29.2 Å². The fourth-order valence-corrected chi connectivity index (χ4v) is 1.92. The van der Waals surface area contributed by atoms with Crippen molar-refractivity contribution in [3.05, 3.63) is 76.3 Å². The quantitative estimate of drug-likeness (QED) is 0.365. The van der Waals surface area contributed by atoms with E-state index in [9.17, 15) is 9.59 Å². The van der Waals surface area contributed by atoms with Crippen molar-refractivity contribution in [1.82, 2.24) is 0 Å². The first-order valence-electron chi connectivity index (χ1n) is 6.16. The second-order valence-corrected chi connectivity index (χ2v) is 4.80. The smallest absolute Gasteiger partial charge is 0.196 e. The van der Waals surface area contributed by atoms with Gasteiger partial charge in [-0.2, -0.15) is 0 Å². The molecule has 0 bridgehead atoms. The molecular weight excluding hydrogens is 272 g/mol. The Bertz CT molecular complexity index is 655. The zero-order chi connectivity index (χ0) is 14.5. The summed E-state index contributed by atoms with van der Waals surface area (Å²) in [7, 11) is 0. The van der Waals surface area contributed by atoms with E-state index in [0.717, 1.165) is 5.56 Å². The number of carbonyl (C=O) groups excluding carboxylic acids is 2. The molecule has 2 aromatic rings. The van der Waals surface area contributed by atoms with Crippen LogP contribution in [0.25, 0.3) is 6.08 Å². The predicted octanol–water partition coefficient (Wildman–Crippen LogP) is 4.20. The van der Waals surface area contributed by atoms with Gasteiger partial charge in [-0.1, -0.05) is 54.1 Å². The predicted molar refractivity (Wildman–Crippen MR) is 80.9 cm³/mol. The van der Waals surface area contributed by atoms with E-state index < -0.39 is 0 Å². The summed E-state index contributed by atoms with van der Waals surface area (Å²) in [5.41, 5.74) is 1.44. The van der Waals surface area contributed by atoms with Gasteiger partial charge in [-0.05, 0) is 30.7 Å². The fraction of sp³-hybridized carbons (Fsp3) is 0.0588. The third-order valence-corrected chi connectivity index (χ3v) is 3.09. The molecule has 0 saturated carbocycles. The number of benzene rings is 2. The Morgan fingerprint density at radius 3 is 2.10 bits per heavy atom. The van der Waals surface area contributed by atoms with Crippen molar-refractivity contribution in [3.63, 3.8) is 0 Å². The molecule has 2 aromatic carbocycles. The second-order valence-electron chi connectivity index (χ2n) is 4.36. The minimum atomic E-state index is -0.270. The first-order valence-corrected chi connectivity index (χ1v) is 6.53. The Kier molecular flexibility index (Phi) is 4.49. The second kappa shape index (κ2) is 6.31. The van der Waals surface area contributed by atoms with Crippen molar-refractivity contribution in [1.29, 1.82) is 0 Å². The summed E-state index contributed by atoms with van der Waals surface area (Å²) in [6.45, 7) is 1.39. The number of carbonyl (C=O) groups is 2. The molecule has 100 valence electrons. The Balaban J connectivity index is 2.39. The lowest BCUT2D eigenvalue weighted by Gasteiger charge is -2.04. The fourth-order valence-electron chi connectivity index (χ4n) is 1.80. The van der Waals surface area contributed by atoms with Gasteiger partial charge in [0.2, 0.25) is 0 Å². The Hall–Kier alpha value is -2.19. The van der Waals surface area contributed by atoms with Crippen molar-refractivity contribution in [2.24, 2.45) is 0 Å². The van der Waals surface area contributed by atoms with Crippen LogP contribution in [0, 0.1) is 0 Å². The number of halogens is 1. The average Bonchev–Trinajstić information content (AvgIpc) is 2.46. The van der Waals surface area contributed by atoms with Gasteiger partial charge in [0.05, 0.1) is 5.57 Å². The van der Waals surface area contributed by atoms with Gasteiger partial charge in [0.15, 0.2) is 11.6 Å². The summed E-state index contributed by atoms with van der Waals surface area (Å²) in [5.74, 6) is -0.526. The van der Waals surface area contributed by atoms with Crippen molar-refractivity contribution < 1.29 is 9.59 Å². The third-order valence-electron chi connectivity index (χ3n) is 2.84. The molecule has 3 heteroatoms. The van der Waals surface area contributed by atoms with E-state index in [4.69, 9.17) is 11.6 Å². The van der Waals surface area contributed by atoms with E-state index in [1.807, 2.05) is 6.07 Å². The van der Waals surface area contributed by atoms with Crippen LogP contribution >= 0.6 is 11.6 Å². The number of rotatable bonds is 4. The maximum Gasteiger partial charge on any atom is 0.196 e. The highest BCUT2D eigenvalue weighted by Crippen LogP contribution is 2.16. The van der Waals surface area contributed by atoms with Gasteiger partial charge in [-0.25, -0.2) is 0 Å². The van der Waals surface area contributed by atoms with Crippen LogP contribution in [0.3, 0.4) is 0 Å². The SMILES string of the molecule is CC(=O)/C(=C\c1ccc(Cl)cc1)C(=O)c1ccccc1. The van der Waals surface area contributed by atoms with Gasteiger partial charge in [-0.15, -0.1) is 0 Å². The van der Waals surface area contributed by atoms with Gasteiger partial charge in [0.1, 0.15) is 0 Å². The lowest BCUT2D eigenvalue weighted by Crippen LogP contribution is -2.10. The van der Waals surface area contributed by atoms with Crippen LogP contribution in [-0.2, 0) is 4.79 Å². The molecule has 0 aliphatic rings. The molecule has 2 rings (SSSR count). The normalized spacial score (nSPS) is 11.2. The van der Waals surface area contributed by atoms with E-state index in [2.05, 4.69) is 0 Å². The molecule has 2 nitrogen and oxygen atoms in total. The molecule has 0 unspecified atom stereocenters. The van der Waals surface area contributed by atoms with Crippen LogP contribution in [0.15, 0.2) is 60.2 Å². The molecule has 0 aliphatic carbocycles. The number of ketones is 2. The van der Waals surface area contributed by atoms with Gasteiger partial charge >= 0.3 is 0 Å². The maximum atomic E-state index is 12.3. The molecule has 0 aromatic heterocycles. The summed E-state index contributed by atoms with van der Waals surface area (Å²) in [4.78, 5) is 24.1. The number of hydrogen-bond acceptors (Lipinski definition) is 2. The molecule has 20 heavy (non-hydrogen) atoms. The van der Waals surface area contributed by atoms with E-state index in [-0.39, 0.29) is 17.1 Å². The topological polar surface area (TPSA) is 34.1 Å². The minimum Gasteiger partial charge on any atom is -0.294 e. The van der Waals surface area contributed by atoms with Crippen LogP contribution in [0.4, 0.5) is 0 Å². The highest BCUT2D eigenvalue weighted by Gasteiger charge is 2.16. The lowest BCUT2D eigenvalue weighted by atomic mass is 9.98. The van der Waals surface area contributed by atoms with Crippen molar-refractivity contribution in [2.75, 3.05) is 0 Å². The highest BCUT2D eigenvalue weighted by atomic mass is 35.5. The highest BCUT2D eigenvalue weighted by molar-refractivity contribution is 6.30.